The third-order valence-electron chi connectivity index (χ3n) is 4.65. The summed E-state index contributed by atoms with van der Waals surface area (Å²) in [5.41, 5.74) is 0.874. The van der Waals surface area contributed by atoms with E-state index in [0.29, 0.717) is 18.2 Å². The summed E-state index contributed by atoms with van der Waals surface area (Å²) in [6.07, 6.45) is 6.45. The van der Waals surface area contributed by atoms with Gasteiger partial charge in [0.15, 0.2) is 10.9 Å². The zero-order valence-electron chi connectivity index (χ0n) is 13.4. The van der Waals surface area contributed by atoms with Gasteiger partial charge in [-0.1, -0.05) is 11.3 Å². The molecule has 1 aliphatic carbocycles. The monoisotopic (exact) mass is 341 g/mol. The van der Waals surface area contributed by atoms with E-state index in [9.17, 15) is 4.79 Å². The zero-order chi connectivity index (χ0) is 16.5. The maximum Gasteiger partial charge on any atom is 0.228 e. The van der Waals surface area contributed by atoms with Gasteiger partial charge in [0.05, 0.1) is 16.3 Å². The molecule has 1 unspecified atom stereocenters. The van der Waals surface area contributed by atoms with Gasteiger partial charge in [-0.05, 0) is 37.7 Å². The standard InChI is InChI=1S/C17H19N5OS/c18-7-5-11-2-1-9-22(10-11)17-20-13-6-8-19-15(14(13)24-17)21-16(23)12-3-4-12/h6,8,11-12H,1-5,9-10H2,(H,19,21,23). The normalized spacial score (nSPS) is 20.8. The second kappa shape index (κ2) is 6.36. The highest BCUT2D eigenvalue weighted by Crippen LogP contribution is 2.36. The maximum atomic E-state index is 12.0. The van der Waals surface area contributed by atoms with Crippen molar-refractivity contribution in [2.75, 3.05) is 23.3 Å². The number of fused-ring (bicyclic) bond motifs is 1. The van der Waals surface area contributed by atoms with Crippen LogP contribution in [0.5, 0.6) is 0 Å². The van der Waals surface area contributed by atoms with Gasteiger partial charge in [-0.3, -0.25) is 4.79 Å². The number of carbonyl (C=O) groups excluding carboxylic acids is 1. The van der Waals surface area contributed by atoms with Crippen molar-refractivity contribution in [3.05, 3.63) is 12.3 Å². The Morgan fingerprint density at radius 1 is 1.46 bits per heavy atom. The number of hydrogen-bond acceptors (Lipinski definition) is 6. The molecular formula is C17H19N5OS. The summed E-state index contributed by atoms with van der Waals surface area (Å²) < 4.78 is 0.934. The molecule has 24 heavy (non-hydrogen) atoms. The third kappa shape index (κ3) is 3.06. The Balaban J connectivity index is 1.58. The van der Waals surface area contributed by atoms with Crippen molar-refractivity contribution >= 4 is 38.4 Å². The lowest BCUT2D eigenvalue weighted by Gasteiger charge is -2.31. The molecule has 7 heteroatoms. The fraction of sp³-hybridized carbons (Fsp3) is 0.529. The minimum atomic E-state index is 0.0667. The summed E-state index contributed by atoms with van der Waals surface area (Å²) in [6, 6.07) is 4.17. The highest BCUT2D eigenvalue weighted by atomic mass is 32.1. The van der Waals surface area contributed by atoms with Crippen LogP contribution in [0.4, 0.5) is 10.9 Å². The van der Waals surface area contributed by atoms with Crippen LogP contribution in [0.1, 0.15) is 32.1 Å². The summed E-state index contributed by atoms with van der Waals surface area (Å²) in [7, 11) is 0. The number of pyridine rings is 1. The minimum Gasteiger partial charge on any atom is -0.348 e. The molecule has 6 nitrogen and oxygen atoms in total. The first kappa shape index (κ1) is 15.3. The SMILES string of the molecule is N#CCC1CCCN(c2nc3ccnc(NC(=O)C4CC4)c3s2)C1. The number of nitrogens with zero attached hydrogens (tertiary/aromatic N) is 4. The van der Waals surface area contributed by atoms with Crippen molar-refractivity contribution in [1.29, 1.82) is 5.26 Å². The van der Waals surface area contributed by atoms with Gasteiger partial charge < -0.3 is 10.2 Å². The molecule has 2 aromatic heterocycles. The number of nitrogens with one attached hydrogen (secondary N) is 1. The number of carbonyl (C=O) groups is 1. The number of rotatable bonds is 4. The highest BCUT2D eigenvalue weighted by molar-refractivity contribution is 7.22. The van der Waals surface area contributed by atoms with E-state index in [1.807, 2.05) is 6.07 Å². The molecule has 2 fully saturated rings. The first-order valence-corrected chi connectivity index (χ1v) is 9.24. The van der Waals surface area contributed by atoms with E-state index >= 15 is 0 Å². The largest absolute Gasteiger partial charge is 0.348 e. The van der Waals surface area contributed by atoms with E-state index in [4.69, 9.17) is 10.2 Å². The molecular weight excluding hydrogens is 322 g/mol. The van der Waals surface area contributed by atoms with Crippen LogP contribution >= 0.6 is 11.3 Å². The van der Waals surface area contributed by atoms with E-state index in [0.717, 1.165) is 54.1 Å². The summed E-state index contributed by atoms with van der Waals surface area (Å²) >= 11 is 1.58. The first-order valence-electron chi connectivity index (χ1n) is 8.43. The number of anilines is 2. The molecule has 0 radical (unpaired) electrons. The Kier molecular flexibility index (Phi) is 4.07. The third-order valence-corrected chi connectivity index (χ3v) is 5.79. The second-order valence-electron chi connectivity index (χ2n) is 6.58. The van der Waals surface area contributed by atoms with Crippen LogP contribution in [0.25, 0.3) is 10.2 Å². The van der Waals surface area contributed by atoms with Gasteiger partial charge >= 0.3 is 0 Å². The molecule has 1 saturated heterocycles. The summed E-state index contributed by atoms with van der Waals surface area (Å²) in [5.74, 6) is 1.27. The maximum absolute atomic E-state index is 12.0. The predicted octanol–water partition coefficient (Wildman–Crippen LogP) is 3.17. The molecule has 0 aromatic carbocycles. The van der Waals surface area contributed by atoms with Crippen LogP contribution in [-0.4, -0.2) is 29.0 Å². The van der Waals surface area contributed by atoms with Gasteiger partial charge in [-0.15, -0.1) is 0 Å². The van der Waals surface area contributed by atoms with Crippen LogP contribution in [0.15, 0.2) is 12.3 Å². The molecule has 2 aromatic rings. The number of thiazole rings is 1. The summed E-state index contributed by atoms with van der Waals surface area (Å²) in [4.78, 5) is 23.4. The molecule has 0 spiro atoms. The molecule has 1 aliphatic heterocycles. The van der Waals surface area contributed by atoms with E-state index in [1.54, 1.807) is 17.5 Å². The molecule has 1 atom stereocenters. The molecule has 124 valence electrons. The predicted molar refractivity (Wildman–Crippen MR) is 93.9 cm³/mol. The molecule has 3 heterocycles. The fourth-order valence-corrected chi connectivity index (χ4v) is 4.21. The van der Waals surface area contributed by atoms with Crippen LogP contribution < -0.4 is 10.2 Å². The second-order valence-corrected chi connectivity index (χ2v) is 7.56. The van der Waals surface area contributed by atoms with E-state index in [2.05, 4.69) is 21.3 Å². The molecule has 2 aliphatic rings. The lowest BCUT2D eigenvalue weighted by Crippen LogP contribution is -2.35. The van der Waals surface area contributed by atoms with Gasteiger partial charge in [-0.25, -0.2) is 9.97 Å². The van der Waals surface area contributed by atoms with E-state index < -0.39 is 0 Å². The number of piperidine rings is 1. The average molecular weight is 341 g/mol. The van der Waals surface area contributed by atoms with Crippen molar-refractivity contribution in [1.82, 2.24) is 9.97 Å². The van der Waals surface area contributed by atoms with E-state index in [-0.39, 0.29) is 11.8 Å². The molecule has 0 bridgehead atoms. The Hall–Kier alpha value is -2.20. The average Bonchev–Trinajstić information content (AvgIpc) is 3.35. The number of hydrogen-bond donors (Lipinski definition) is 1. The Labute approximate surface area is 144 Å². The van der Waals surface area contributed by atoms with Gasteiger partial charge in [0.2, 0.25) is 5.91 Å². The van der Waals surface area contributed by atoms with Crippen LogP contribution in [0.2, 0.25) is 0 Å². The van der Waals surface area contributed by atoms with Gasteiger partial charge in [0, 0.05) is 31.6 Å². The molecule has 4 rings (SSSR count). The van der Waals surface area contributed by atoms with Crippen molar-refractivity contribution in [2.24, 2.45) is 11.8 Å². The van der Waals surface area contributed by atoms with Crippen molar-refractivity contribution < 1.29 is 4.79 Å². The van der Waals surface area contributed by atoms with Gasteiger partial charge in [0.1, 0.15) is 0 Å². The Bertz CT molecular complexity index is 807. The lowest BCUT2D eigenvalue weighted by atomic mass is 9.96. The molecule has 1 amide bonds. The number of aromatic nitrogens is 2. The molecule has 1 N–H and O–H groups in total. The van der Waals surface area contributed by atoms with Crippen LogP contribution in [0.3, 0.4) is 0 Å². The van der Waals surface area contributed by atoms with Gasteiger partial charge in [-0.2, -0.15) is 5.26 Å². The highest BCUT2D eigenvalue weighted by Gasteiger charge is 2.30. The Morgan fingerprint density at radius 2 is 2.33 bits per heavy atom. The van der Waals surface area contributed by atoms with Crippen LogP contribution in [-0.2, 0) is 4.79 Å². The van der Waals surface area contributed by atoms with Crippen molar-refractivity contribution in [3.63, 3.8) is 0 Å². The first-order chi connectivity index (χ1) is 11.7. The smallest absolute Gasteiger partial charge is 0.228 e. The summed E-state index contributed by atoms with van der Waals surface area (Å²) in [6.45, 7) is 1.85. The number of nitriles is 1. The van der Waals surface area contributed by atoms with Crippen LogP contribution in [0, 0.1) is 23.2 Å². The fourth-order valence-electron chi connectivity index (χ4n) is 3.17. The summed E-state index contributed by atoms with van der Waals surface area (Å²) in [5, 5.41) is 12.8. The minimum absolute atomic E-state index is 0.0667. The van der Waals surface area contributed by atoms with Gasteiger partial charge in [0.25, 0.3) is 0 Å². The zero-order valence-corrected chi connectivity index (χ0v) is 14.2. The lowest BCUT2D eigenvalue weighted by molar-refractivity contribution is -0.117. The topological polar surface area (TPSA) is 81.9 Å². The quantitative estimate of drug-likeness (QED) is 0.923. The van der Waals surface area contributed by atoms with Crippen molar-refractivity contribution in [2.45, 2.75) is 32.1 Å². The Morgan fingerprint density at radius 3 is 3.12 bits per heavy atom. The van der Waals surface area contributed by atoms with Crippen molar-refractivity contribution in [3.8, 4) is 6.07 Å². The number of amides is 1. The van der Waals surface area contributed by atoms with E-state index in [1.165, 1.54) is 0 Å². The molecule has 1 saturated carbocycles.